The van der Waals surface area contributed by atoms with Crippen LogP contribution in [0.2, 0.25) is 0 Å². The normalized spacial score (nSPS) is 17.0. The molecule has 1 aromatic carbocycles. The fourth-order valence-electron chi connectivity index (χ4n) is 2.78. The van der Waals surface area contributed by atoms with Crippen LogP contribution in [0.5, 0.6) is 0 Å². The SMILES string of the molecule is CC(C)CCSc1ccc(C(=O)NCCC2CCNC2)cc1[N+](=O)[O-]. The second-order valence-corrected chi connectivity index (χ2v) is 8.01. The van der Waals surface area contributed by atoms with Crippen LogP contribution in [0.15, 0.2) is 23.1 Å². The van der Waals surface area contributed by atoms with Crippen molar-refractivity contribution >= 4 is 23.4 Å². The summed E-state index contributed by atoms with van der Waals surface area (Å²) >= 11 is 1.48. The van der Waals surface area contributed by atoms with Crippen molar-refractivity contribution in [3.8, 4) is 0 Å². The van der Waals surface area contributed by atoms with Gasteiger partial charge in [0.1, 0.15) is 0 Å². The Morgan fingerprint density at radius 3 is 2.92 bits per heavy atom. The number of hydrogen-bond acceptors (Lipinski definition) is 5. The lowest BCUT2D eigenvalue weighted by Gasteiger charge is -2.10. The smallest absolute Gasteiger partial charge is 0.283 e. The van der Waals surface area contributed by atoms with Crippen molar-refractivity contribution in [1.29, 1.82) is 0 Å². The van der Waals surface area contributed by atoms with Crippen LogP contribution in [0, 0.1) is 22.0 Å². The Balaban J connectivity index is 1.94. The number of nitrogens with one attached hydrogen (secondary N) is 2. The summed E-state index contributed by atoms with van der Waals surface area (Å²) in [6, 6.07) is 4.76. The molecule has 1 saturated heterocycles. The van der Waals surface area contributed by atoms with Crippen LogP contribution in [-0.4, -0.2) is 36.2 Å². The van der Waals surface area contributed by atoms with Crippen LogP contribution in [0.25, 0.3) is 0 Å². The number of nitro groups is 1. The summed E-state index contributed by atoms with van der Waals surface area (Å²) in [5, 5.41) is 17.5. The number of amides is 1. The molecule has 25 heavy (non-hydrogen) atoms. The van der Waals surface area contributed by atoms with Crippen LogP contribution >= 0.6 is 11.8 Å². The van der Waals surface area contributed by atoms with E-state index >= 15 is 0 Å². The van der Waals surface area contributed by atoms with Crippen LogP contribution in [0.1, 0.15) is 43.5 Å². The Bertz CT molecular complexity index is 601. The first-order valence-corrected chi connectivity index (χ1v) is 9.86. The lowest BCUT2D eigenvalue weighted by molar-refractivity contribution is -0.387. The zero-order chi connectivity index (χ0) is 18.2. The van der Waals surface area contributed by atoms with Crippen molar-refractivity contribution in [2.75, 3.05) is 25.4 Å². The number of carbonyl (C=O) groups excluding carboxylic acids is 1. The lowest BCUT2D eigenvalue weighted by Crippen LogP contribution is -2.26. The molecule has 2 rings (SSSR count). The van der Waals surface area contributed by atoms with Gasteiger partial charge in [0.2, 0.25) is 0 Å². The van der Waals surface area contributed by atoms with Crippen molar-refractivity contribution in [3.05, 3.63) is 33.9 Å². The zero-order valence-corrected chi connectivity index (χ0v) is 15.7. The highest BCUT2D eigenvalue weighted by Crippen LogP contribution is 2.31. The van der Waals surface area contributed by atoms with Gasteiger partial charge in [-0.05, 0) is 62.1 Å². The third kappa shape index (κ3) is 6.32. The quantitative estimate of drug-likeness (QED) is 0.398. The van der Waals surface area contributed by atoms with Crippen LogP contribution < -0.4 is 10.6 Å². The molecular formula is C18H27N3O3S. The fourth-order valence-corrected chi connectivity index (χ4v) is 4.04. The van der Waals surface area contributed by atoms with Crippen molar-refractivity contribution in [1.82, 2.24) is 10.6 Å². The predicted octanol–water partition coefficient (Wildman–Crippen LogP) is 3.46. The number of rotatable bonds is 9. The van der Waals surface area contributed by atoms with Crippen molar-refractivity contribution in [3.63, 3.8) is 0 Å². The van der Waals surface area contributed by atoms with Gasteiger partial charge in [-0.25, -0.2) is 0 Å². The Morgan fingerprint density at radius 1 is 1.48 bits per heavy atom. The molecule has 7 heteroatoms. The first-order chi connectivity index (χ1) is 12.0. The highest BCUT2D eigenvalue weighted by molar-refractivity contribution is 7.99. The first kappa shape index (κ1) is 19.7. The van der Waals surface area contributed by atoms with Gasteiger partial charge in [-0.3, -0.25) is 14.9 Å². The standard InChI is InChI=1S/C18H27N3O3S/c1-13(2)7-10-25-17-4-3-15(11-16(17)21(23)24)18(22)20-9-6-14-5-8-19-12-14/h3-4,11,13-14,19H,5-10,12H2,1-2H3,(H,20,22). The third-order valence-electron chi connectivity index (χ3n) is 4.37. The van der Waals surface area contributed by atoms with E-state index in [0.717, 1.165) is 38.1 Å². The summed E-state index contributed by atoms with van der Waals surface area (Å²) in [5.41, 5.74) is 0.367. The average molecular weight is 365 g/mol. The van der Waals surface area contributed by atoms with E-state index in [1.165, 1.54) is 17.8 Å². The lowest BCUT2D eigenvalue weighted by atomic mass is 10.1. The van der Waals surface area contributed by atoms with Gasteiger partial charge in [0.15, 0.2) is 0 Å². The highest BCUT2D eigenvalue weighted by atomic mass is 32.2. The number of thioether (sulfide) groups is 1. The van der Waals surface area contributed by atoms with E-state index in [1.54, 1.807) is 12.1 Å². The summed E-state index contributed by atoms with van der Waals surface area (Å²) in [5.74, 6) is 1.76. The zero-order valence-electron chi connectivity index (χ0n) is 14.9. The molecule has 0 radical (unpaired) electrons. The van der Waals surface area contributed by atoms with E-state index in [9.17, 15) is 14.9 Å². The van der Waals surface area contributed by atoms with E-state index in [0.29, 0.717) is 28.8 Å². The molecule has 6 nitrogen and oxygen atoms in total. The van der Waals surface area contributed by atoms with E-state index in [-0.39, 0.29) is 11.6 Å². The maximum Gasteiger partial charge on any atom is 0.283 e. The van der Waals surface area contributed by atoms with Gasteiger partial charge in [0.05, 0.1) is 9.82 Å². The molecule has 0 spiro atoms. The van der Waals surface area contributed by atoms with Gasteiger partial charge >= 0.3 is 0 Å². The minimum Gasteiger partial charge on any atom is -0.352 e. The van der Waals surface area contributed by atoms with E-state index in [1.807, 2.05) is 0 Å². The molecule has 138 valence electrons. The molecule has 1 atom stereocenters. The topological polar surface area (TPSA) is 84.3 Å². The van der Waals surface area contributed by atoms with Gasteiger partial charge in [0.25, 0.3) is 11.6 Å². The molecule has 0 aliphatic carbocycles. The molecule has 1 aliphatic rings. The molecule has 2 N–H and O–H groups in total. The molecular weight excluding hydrogens is 338 g/mol. The molecule has 1 amide bonds. The largest absolute Gasteiger partial charge is 0.352 e. The van der Waals surface area contributed by atoms with Crippen LogP contribution in [0.3, 0.4) is 0 Å². The maximum absolute atomic E-state index is 12.3. The van der Waals surface area contributed by atoms with Crippen molar-refractivity contribution < 1.29 is 9.72 Å². The Hall–Kier alpha value is -1.60. The highest BCUT2D eigenvalue weighted by Gasteiger charge is 2.19. The van der Waals surface area contributed by atoms with E-state index in [2.05, 4.69) is 24.5 Å². The summed E-state index contributed by atoms with van der Waals surface area (Å²) in [7, 11) is 0. The number of nitrogens with zero attached hydrogens (tertiary/aromatic N) is 1. The molecule has 1 heterocycles. The molecule has 1 aliphatic heterocycles. The van der Waals surface area contributed by atoms with E-state index < -0.39 is 4.92 Å². The van der Waals surface area contributed by atoms with Crippen LogP contribution in [0.4, 0.5) is 5.69 Å². The predicted molar refractivity (Wildman–Crippen MR) is 101 cm³/mol. The number of benzene rings is 1. The fraction of sp³-hybridized carbons (Fsp3) is 0.611. The van der Waals surface area contributed by atoms with Gasteiger partial charge in [0, 0.05) is 18.2 Å². The number of nitro benzene ring substituents is 1. The van der Waals surface area contributed by atoms with Gasteiger partial charge in [-0.1, -0.05) is 13.8 Å². The second kappa shape index (κ2) is 9.77. The monoisotopic (exact) mass is 365 g/mol. The molecule has 0 aromatic heterocycles. The maximum atomic E-state index is 12.3. The summed E-state index contributed by atoms with van der Waals surface area (Å²) in [6.07, 6.45) is 3.08. The minimum absolute atomic E-state index is 0.0152. The van der Waals surface area contributed by atoms with Gasteiger partial charge < -0.3 is 10.6 Å². The van der Waals surface area contributed by atoms with Crippen molar-refractivity contribution in [2.45, 2.75) is 38.0 Å². The number of hydrogen-bond donors (Lipinski definition) is 2. The molecule has 1 aromatic rings. The minimum atomic E-state index is -0.404. The van der Waals surface area contributed by atoms with Gasteiger partial charge in [-0.15, -0.1) is 11.8 Å². The van der Waals surface area contributed by atoms with Crippen molar-refractivity contribution in [2.24, 2.45) is 11.8 Å². The summed E-state index contributed by atoms with van der Waals surface area (Å²) < 4.78 is 0. The van der Waals surface area contributed by atoms with Crippen LogP contribution in [-0.2, 0) is 0 Å². The molecule has 1 unspecified atom stereocenters. The first-order valence-electron chi connectivity index (χ1n) is 8.87. The molecule has 0 saturated carbocycles. The number of carbonyl (C=O) groups is 1. The second-order valence-electron chi connectivity index (χ2n) is 6.87. The average Bonchev–Trinajstić information content (AvgIpc) is 3.07. The van der Waals surface area contributed by atoms with E-state index in [4.69, 9.17) is 0 Å². The molecule has 1 fully saturated rings. The Kier molecular flexibility index (Phi) is 7.71. The third-order valence-corrected chi connectivity index (χ3v) is 5.47. The Labute approximate surface area is 153 Å². The Morgan fingerprint density at radius 2 is 2.28 bits per heavy atom. The summed E-state index contributed by atoms with van der Waals surface area (Å²) in [6.45, 7) is 6.91. The van der Waals surface area contributed by atoms with Gasteiger partial charge in [-0.2, -0.15) is 0 Å². The summed E-state index contributed by atoms with van der Waals surface area (Å²) in [4.78, 5) is 23.8. The molecule has 0 bridgehead atoms.